The van der Waals surface area contributed by atoms with Crippen LogP contribution >= 0.6 is 0 Å². The summed E-state index contributed by atoms with van der Waals surface area (Å²) in [6.07, 6.45) is 3.21. The molecule has 6 nitrogen and oxygen atoms in total. The van der Waals surface area contributed by atoms with Crippen LogP contribution < -0.4 is 15.1 Å². The molecule has 142 valence electrons. The monoisotopic (exact) mass is 365 g/mol. The van der Waals surface area contributed by atoms with Crippen molar-refractivity contribution in [1.29, 1.82) is 0 Å². The highest BCUT2D eigenvalue weighted by molar-refractivity contribution is 5.83. The highest BCUT2D eigenvalue weighted by atomic mass is 16.2. The summed E-state index contributed by atoms with van der Waals surface area (Å²) in [6, 6.07) is 10.4. The van der Waals surface area contributed by atoms with Gasteiger partial charge in [-0.15, -0.1) is 0 Å². The van der Waals surface area contributed by atoms with Gasteiger partial charge in [0.25, 0.3) is 0 Å². The van der Waals surface area contributed by atoms with Gasteiger partial charge in [-0.3, -0.25) is 4.79 Å². The van der Waals surface area contributed by atoms with Gasteiger partial charge in [0, 0.05) is 30.9 Å². The van der Waals surface area contributed by atoms with Gasteiger partial charge in [-0.05, 0) is 38.7 Å². The standard InChI is InChI=1S/C21H27N5O/c1-15-16(2)22-21(25-10-6-7-11-25)24-20(15)26-13-18(23-19(27)14-26)12-17-8-4-3-5-9-17/h3-5,8-9,18H,6-7,10-14H2,1-2H3,(H,23,27)/t18-/m0/s1. The molecule has 27 heavy (non-hydrogen) atoms. The van der Waals surface area contributed by atoms with Crippen LogP contribution in [-0.4, -0.2) is 48.1 Å². The summed E-state index contributed by atoms with van der Waals surface area (Å²) in [5.41, 5.74) is 3.29. The second-order valence-corrected chi connectivity index (χ2v) is 7.59. The first-order valence-corrected chi connectivity index (χ1v) is 9.78. The SMILES string of the molecule is Cc1nc(N2CCCC2)nc(N2CC(=O)N[C@@H](Cc3ccccc3)C2)c1C. The van der Waals surface area contributed by atoms with Gasteiger partial charge in [0.1, 0.15) is 5.82 Å². The normalized spacial score (nSPS) is 20.1. The van der Waals surface area contributed by atoms with E-state index >= 15 is 0 Å². The molecule has 0 spiro atoms. The zero-order valence-electron chi connectivity index (χ0n) is 16.1. The van der Waals surface area contributed by atoms with Gasteiger partial charge in [0.2, 0.25) is 11.9 Å². The Morgan fingerprint density at radius 3 is 2.56 bits per heavy atom. The molecule has 1 aromatic carbocycles. The molecule has 3 heterocycles. The molecule has 2 aliphatic heterocycles. The number of nitrogens with one attached hydrogen (secondary N) is 1. The number of aryl methyl sites for hydroxylation is 1. The van der Waals surface area contributed by atoms with Crippen LogP contribution in [0.3, 0.4) is 0 Å². The molecule has 0 radical (unpaired) electrons. The van der Waals surface area contributed by atoms with Crippen molar-refractivity contribution in [3.8, 4) is 0 Å². The molecular weight excluding hydrogens is 338 g/mol. The van der Waals surface area contributed by atoms with Crippen molar-refractivity contribution in [1.82, 2.24) is 15.3 Å². The number of piperazine rings is 1. The minimum absolute atomic E-state index is 0.0561. The van der Waals surface area contributed by atoms with Crippen LogP contribution in [0.4, 0.5) is 11.8 Å². The van der Waals surface area contributed by atoms with E-state index in [0.717, 1.165) is 49.1 Å². The second-order valence-electron chi connectivity index (χ2n) is 7.59. The Bertz CT molecular complexity index is 817. The number of carbonyl (C=O) groups is 1. The maximum atomic E-state index is 12.4. The van der Waals surface area contributed by atoms with Crippen molar-refractivity contribution < 1.29 is 4.79 Å². The lowest BCUT2D eigenvalue weighted by atomic mass is 10.0. The summed E-state index contributed by atoms with van der Waals surface area (Å²) in [7, 11) is 0. The van der Waals surface area contributed by atoms with Crippen LogP contribution in [0.2, 0.25) is 0 Å². The number of benzene rings is 1. The maximum absolute atomic E-state index is 12.4. The van der Waals surface area contributed by atoms with Crippen molar-refractivity contribution in [2.24, 2.45) is 0 Å². The molecule has 1 atom stereocenters. The summed E-state index contributed by atoms with van der Waals surface area (Å²) in [4.78, 5) is 26.3. The van der Waals surface area contributed by atoms with Crippen molar-refractivity contribution in [3.63, 3.8) is 0 Å². The van der Waals surface area contributed by atoms with Gasteiger partial charge in [0.15, 0.2) is 0 Å². The molecule has 0 saturated carbocycles. The smallest absolute Gasteiger partial charge is 0.239 e. The minimum atomic E-state index is 0.0561. The van der Waals surface area contributed by atoms with E-state index in [1.807, 2.05) is 25.1 Å². The van der Waals surface area contributed by atoms with E-state index in [4.69, 9.17) is 9.97 Å². The molecule has 2 aromatic rings. The Labute approximate surface area is 160 Å². The predicted octanol–water partition coefficient (Wildman–Crippen LogP) is 2.24. The molecule has 1 N–H and O–H groups in total. The van der Waals surface area contributed by atoms with Gasteiger partial charge in [0.05, 0.1) is 12.6 Å². The Morgan fingerprint density at radius 1 is 1.07 bits per heavy atom. The molecule has 1 amide bonds. The Kier molecular flexibility index (Phi) is 4.97. The van der Waals surface area contributed by atoms with Crippen LogP contribution in [0.15, 0.2) is 30.3 Å². The van der Waals surface area contributed by atoms with Crippen LogP contribution in [0.25, 0.3) is 0 Å². The van der Waals surface area contributed by atoms with Crippen LogP contribution in [0.1, 0.15) is 29.7 Å². The quantitative estimate of drug-likeness (QED) is 0.900. The van der Waals surface area contributed by atoms with E-state index in [9.17, 15) is 4.79 Å². The Morgan fingerprint density at radius 2 is 1.81 bits per heavy atom. The van der Waals surface area contributed by atoms with Gasteiger partial charge in [-0.2, -0.15) is 4.98 Å². The predicted molar refractivity (Wildman–Crippen MR) is 107 cm³/mol. The molecule has 1 aromatic heterocycles. The number of carbonyl (C=O) groups excluding carboxylic acids is 1. The van der Waals surface area contributed by atoms with Crippen molar-refractivity contribution in [2.45, 2.75) is 39.2 Å². The third-order valence-corrected chi connectivity index (χ3v) is 5.51. The van der Waals surface area contributed by atoms with E-state index < -0.39 is 0 Å². The van der Waals surface area contributed by atoms with Crippen LogP contribution in [-0.2, 0) is 11.2 Å². The van der Waals surface area contributed by atoms with Crippen LogP contribution in [0, 0.1) is 13.8 Å². The average molecular weight is 365 g/mol. The summed E-state index contributed by atoms with van der Waals surface area (Å²) >= 11 is 0. The fourth-order valence-electron chi connectivity index (χ4n) is 3.96. The van der Waals surface area contributed by atoms with E-state index in [0.29, 0.717) is 6.54 Å². The topological polar surface area (TPSA) is 61.4 Å². The molecule has 6 heteroatoms. The number of nitrogens with zero attached hydrogens (tertiary/aromatic N) is 4. The molecular formula is C21H27N5O. The molecule has 2 fully saturated rings. The maximum Gasteiger partial charge on any atom is 0.239 e. The summed E-state index contributed by atoms with van der Waals surface area (Å²) < 4.78 is 0. The van der Waals surface area contributed by atoms with Crippen LogP contribution in [0.5, 0.6) is 0 Å². The first-order chi connectivity index (χ1) is 13.1. The van der Waals surface area contributed by atoms with Crippen molar-refractivity contribution in [2.75, 3.05) is 36.0 Å². The minimum Gasteiger partial charge on any atom is -0.350 e. The first kappa shape index (κ1) is 17.8. The van der Waals surface area contributed by atoms with Gasteiger partial charge in [-0.1, -0.05) is 30.3 Å². The molecule has 2 aliphatic rings. The summed E-state index contributed by atoms with van der Waals surface area (Å²) in [5.74, 6) is 1.76. The third kappa shape index (κ3) is 3.89. The zero-order chi connectivity index (χ0) is 18.8. The lowest BCUT2D eigenvalue weighted by molar-refractivity contribution is -0.121. The number of rotatable bonds is 4. The van der Waals surface area contributed by atoms with E-state index in [1.165, 1.54) is 18.4 Å². The Balaban J connectivity index is 1.58. The number of hydrogen-bond donors (Lipinski definition) is 1. The highest BCUT2D eigenvalue weighted by Crippen LogP contribution is 2.26. The average Bonchev–Trinajstić information content (AvgIpc) is 3.19. The van der Waals surface area contributed by atoms with Gasteiger partial charge >= 0.3 is 0 Å². The fourth-order valence-corrected chi connectivity index (χ4v) is 3.96. The highest BCUT2D eigenvalue weighted by Gasteiger charge is 2.28. The second kappa shape index (κ2) is 7.55. The lowest BCUT2D eigenvalue weighted by Crippen LogP contribution is -2.55. The number of hydrogen-bond acceptors (Lipinski definition) is 5. The first-order valence-electron chi connectivity index (χ1n) is 9.78. The molecule has 2 saturated heterocycles. The van der Waals surface area contributed by atoms with Crippen molar-refractivity contribution >= 4 is 17.7 Å². The lowest BCUT2D eigenvalue weighted by Gasteiger charge is -2.35. The van der Waals surface area contributed by atoms with E-state index in [-0.39, 0.29) is 11.9 Å². The molecule has 4 rings (SSSR count). The summed E-state index contributed by atoms with van der Waals surface area (Å²) in [6.45, 7) is 7.22. The zero-order valence-corrected chi connectivity index (χ0v) is 16.1. The largest absolute Gasteiger partial charge is 0.350 e. The number of anilines is 2. The third-order valence-electron chi connectivity index (χ3n) is 5.51. The summed E-state index contributed by atoms with van der Waals surface area (Å²) in [5, 5.41) is 3.13. The van der Waals surface area contributed by atoms with Gasteiger partial charge in [-0.25, -0.2) is 4.98 Å². The van der Waals surface area contributed by atoms with Gasteiger partial charge < -0.3 is 15.1 Å². The number of amides is 1. The van der Waals surface area contributed by atoms with E-state index in [2.05, 4.69) is 34.2 Å². The fraction of sp³-hybridized carbons (Fsp3) is 0.476. The molecule has 0 bridgehead atoms. The van der Waals surface area contributed by atoms with E-state index in [1.54, 1.807) is 0 Å². The Hall–Kier alpha value is -2.63. The van der Waals surface area contributed by atoms with Crippen molar-refractivity contribution in [3.05, 3.63) is 47.2 Å². The molecule has 0 aliphatic carbocycles. The number of aromatic nitrogens is 2. The molecule has 0 unspecified atom stereocenters.